The van der Waals surface area contributed by atoms with Gasteiger partial charge < -0.3 is 19.8 Å². The molecule has 0 radical (unpaired) electrons. The number of ether oxygens (including phenoxy) is 2. The summed E-state index contributed by atoms with van der Waals surface area (Å²) < 4.78 is 14.3. The second-order valence-corrected chi connectivity index (χ2v) is 7.72. The number of unbranched alkanes of at least 4 members (excludes halogenated alkanes) is 1. The highest BCUT2D eigenvalue weighted by Gasteiger charge is 2.11. The molecule has 0 unspecified atom stereocenters. The van der Waals surface area contributed by atoms with Crippen LogP contribution in [0.25, 0.3) is 16.6 Å². The van der Waals surface area contributed by atoms with Crippen LogP contribution in [0.3, 0.4) is 0 Å². The first-order valence-corrected chi connectivity index (χ1v) is 11.2. The number of aryl methyl sites for hydroxylation is 1. The van der Waals surface area contributed by atoms with Crippen molar-refractivity contribution < 1.29 is 9.47 Å². The first-order chi connectivity index (χ1) is 15.1. The molecule has 0 aliphatic rings. The van der Waals surface area contributed by atoms with Gasteiger partial charge in [-0.1, -0.05) is 32.1 Å². The smallest absolute Gasteiger partial charge is 0.123 e. The summed E-state index contributed by atoms with van der Waals surface area (Å²) in [6.45, 7) is 10.3. The maximum atomic E-state index is 6.18. The molecule has 4 nitrogen and oxygen atoms in total. The van der Waals surface area contributed by atoms with Gasteiger partial charge in [-0.3, -0.25) is 0 Å². The molecule has 0 atom stereocenters. The van der Waals surface area contributed by atoms with Crippen LogP contribution in [0.4, 0.5) is 0 Å². The van der Waals surface area contributed by atoms with E-state index in [0.717, 1.165) is 49.3 Å². The quantitative estimate of drug-likeness (QED) is 0.276. The van der Waals surface area contributed by atoms with E-state index in [1.807, 2.05) is 24.3 Å². The topological polar surface area (TPSA) is 49.4 Å². The molecule has 0 fully saturated rings. The van der Waals surface area contributed by atoms with Crippen molar-refractivity contribution in [2.45, 2.75) is 46.1 Å². The average molecular weight is 419 g/mol. The third kappa shape index (κ3) is 5.94. The summed E-state index contributed by atoms with van der Waals surface area (Å²) in [5.41, 5.74) is 9.78. The van der Waals surface area contributed by atoms with E-state index in [9.17, 15) is 0 Å². The van der Waals surface area contributed by atoms with Crippen molar-refractivity contribution in [3.8, 4) is 11.5 Å². The zero-order chi connectivity index (χ0) is 22.1. The Kier molecular flexibility index (Phi) is 8.22. The maximum Gasteiger partial charge on any atom is 0.123 e. The van der Waals surface area contributed by atoms with Gasteiger partial charge in [0.2, 0.25) is 0 Å². The summed E-state index contributed by atoms with van der Waals surface area (Å²) in [6.07, 6.45) is 10.4. The van der Waals surface area contributed by atoms with Gasteiger partial charge in [-0.25, -0.2) is 0 Å². The molecule has 3 aromatic rings. The molecule has 0 saturated heterocycles. The molecule has 0 aliphatic heterocycles. The summed E-state index contributed by atoms with van der Waals surface area (Å²) >= 11 is 0. The number of hydrogen-bond donors (Lipinski definition) is 1. The second kappa shape index (κ2) is 11.3. The van der Waals surface area contributed by atoms with Crippen LogP contribution in [0, 0.1) is 0 Å². The third-order valence-electron chi connectivity index (χ3n) is 5.35. The standard InChI is InChI=1S/C27H34N2O2/c1-4-6-17-29-18-16-24-25(9-5-2)27(15-14-26(24)29)31-20-8-7-19-30-23-12-10-22(11-13-23)21(3)28/h4,6,10-16,18H,3,5,7-9,17,19-20,28H2,1-2H3/b6-4+. The van der Waals surface area contributed by atoms with E-state index >= 15 is 0 Å². The summed E-state index contributed by atoms with van der Waals surface area (Å²) in [5, 5.41) is 1.30. The minimum absolute atomic E-state index is 0.568. The van der Waals surface area contributed by atoms with Crippen molar-refractivity contribution in [2.75, 3.05) is 13.2 Å². The lowest BCUT2D eigenvalue weighted by molar-refractivity contribution is 0.265. The summed E-state index contributed by atoms with van der Waals surface area (Å²) in [4.78, 5) is 0. The molecular weight excluding hydrogens is 384 g/mol. The number of allylic oxidation sites excluding steroid dienone is 2. The fourth-order valence-corrected chi connectivity index (χ4v) is 3.68. The molecule has 1 heterocycles. The molecule has 2 N–H and O–H groups in total. The average Bonchev–Trinajstić information content (AvgIpc) is 3.19. The van der Waals surface area contributed by atoms with Gasteiger partial charge >= 0.3 is 0 Å². The molecule has 0 bridgehead atoms. The monoisotopic (exact) mass is 418 g/mol. The molecule has 164 valence electrons. The summed E-state index contributed by atoms with van der Waals surface area (Å²) in [7, 11) is 0. The van der Waals surface area contributed by atoms with Gasteiger partial charge in [-0.05, 0) is 74.2 Å². The van der Waals surface area contributed by atoms with Gasteiger partial charge in [0.05, 0.1) is 13.2 Å². The van der Waals surface area contributed by atoms with Crippen molar-refractivity contribution in [2.24, 2.45) is 5.73 Å². The molecular formula is C27H34N2O2. The number of nitrogens with zero attached hydrogens (tertiary/aromatic N) is 1. The van der Waals surface area contributed by atoms with Gasteiger partial charge in [0.15, 0.2) is 0 Å². The molecule has 0 spiro atoms. The van der Waals surface area contributed by atoms with Crippen LogP contribution in [0.2, 0.25) is 0 Å². The van der Waals surface area contributed by atoms with Crippen molar-refractivity contribution >= 4 is 16.6 Å². The van der Waals surface area contributed by atoms with Crippen molar-refractivity contribution in [3.05, 3.63) is 78.5 Å². The Morgan fingerprint density at radius 2 is 1.77 bits per heavy atom. The normalized spacial score (nSPS) is 11.3. The van der Waals surface area contributed by atoms with E-state index in [-0.39, 0.29) is 0 Å². The Morgan fingerprint density at radius 3 is 2.45 bits per heavy atom. The molecule has 0 amide bonds. The lowest BCUT2D eigenvalue weighted by Crippen LogP contribution is -2.04. The fraction of sp³-hybridized carbons (Fsp3) is 0.333. The number of hydrogen-bond acceptors (Lipinski definition) is 3. The third-order valence-corrected chi connectivity index (χ3v) is 5.35. The summed E-state index contributed by atoms with van der Waals surface area (Å²) in [6, 6.07) is 14.2. The van der Waals surface area contributed by atoms with Crippen molar-refractivity contribution in [1.82, 2.24) is 4.57 Å². The first kappa shape index (κ1) is 22.5. The van der Waals surface area contributed by atoms with Gasteiger partial charge in [0.25, 0.3) is 0 Å². The highest BCUT2D eigenvalue weighted by atomic mass is 16.5. The minimum Gasteiger partial charge on any atom is -0.494 e. The van der Waals surface area contributed by atoms with E-state index in [0.29, 0.717) is 18.9 Å². The Morgan fingerprint density at radius 1 is 1.03 bits per heavy atom. The molecule has 1 aromatic heterocycles. The lowest BCUT2D eigenvalue weighted by Gasteiger charge is -2.13. The zero-order valence-electron chi connectivity index (χ0n) is 18.8. The van der Waals surface area contributed by atoms with E-state index in [2.05, 4.69) is 61.5 Å². The Bertz CT molecular complexity index is 1020. The molecule has 3 rings (SSSR count). The highest BCUT2D eigenvalue weighted by molar-refractivity contribution is 5.86. The maximum absolute atomic E-state index is 6.18. The van der Waals surface area contributed by atoms with Crippen molar-refractivity contribution in [1.29, 1.82) is 0 Å². The number of rotatable bonds is 12. The van der Waals surface area contributed by atoms with Crippen LogP contribution in [-0.2, 0) is 13.0 Å². The van der Waals surface area contributed by atoms with Gasteiger partial charge in [0.1, 0.15) is 11.5 Å². The van der Waals surface area contributed by atoms with Gasteiger partial charge in [-0.2, -0.15) is 0 Å². The Balaban J connectivity index is 1.52. The Labute approximate surface area is 186 Å². The van der Waals surface area contributed by atoms with Crippen LogP contribution in [0.1, 0.15) is 44.2 Å². The van der Waals surface area contributed by atoms with E-state index in [1.54, 1.807) is 0 Å². The molecule has 31 heavy (non-hydrogen) atoms. The van der Waals surface area contributed by atoms with Crippen LogP contribution in [-0.4, -0.2) is 17.8 Å². The number of nitrogens with two attached hydrogens (primary N) is 1. The molecule has 4 heteroatoms. The van der Waals surface area contributed by atoms with Crippen LogP contribution < -0.4 is 15.2 Å². The summed E-state index contributed by atoms with van der Waals surface area (Å²) in [5.74, 6) is 1.86. The van der Waals surface area contributed by atoms with E-state index in [1.165, 1.54) is 16.5 Å². The van der Waals surface area contributed by atoms with Crippen LogP contribution in [0.5, 0.6) is 11.5 Å². The largest absolute Gasteiger partial charge is 0.494 e. The van der Waals surface area contributed by atoms with Crippen molar-refractivity contribution in [3.63, 3.8) is 0 Å². The predicted octanol–water partition coefficient (Wildman–Crippen LogP) is 6.34. The zero-order valence-corrected chi connectivity index (χ0v) is 18.8. The van der Waals surface area contributed by atoms with E-state index < -0.39 is 0 Å². The molecule has 0 aliphatic carbocycles. The van der Waals surface area contributed by atoms with Gasteiger partial charge in [0, 0.05) is 34.9 Å². The number of aromatic nitrogens is 1. The molecule has 2 aromatic carbocycles. The van der Waals surface area contributed by atoms with Gasteiger partial charge in [-0.15, -0.1) is 0 Å². The number of fused-ring (bicyclic) bond motifs is 1. The van der Waals surface area contributed by atoms with Crippen LogP contribution >= 0.6 is 0 Å². The number of benzene rings is 2. The Hall–Kier alpha value is -3.14. The fourth-order valence-electron chi connectivity index (χ4n) is 3.68. The first-order valence-electron chi connectivity index (χ1n) is 11.2. The minimum atomic E-state index is 0.568. The highest BCUT2D eigenvalue weighted by Crippen LogP contribution is 2.30. The molecule has 0 saturated carbocycles. The predicted molar refractivity (Wildman–Crippen MR) is 131 cm³/mol. The SMILES string of the molecule is C=C(N)c1ccc(OCCCCOc2ccc3c(ccn3C/C=C/C)c2CCC)cc1. The van der Waals surface area contributed by atoms with E-state index in [4.69, 9.17) is 15.2 Å². The second-order valence-electron chi connectivity index (χ2n) is 7.72. The lowest BCUT2D eigenvalue weighted by atomic mass is 10.0. The van der Waals surface area contributed by atoms with Crippen LogP contribution in [0.15, 0.2) is 67.4 Å².